The Labute approximate surface area is 123 Å². The zero-order chi connectivity index (χ0) is 15.7. The summed E-state index contributed by atoms with van der Waals surface area (Å²) in [5.74, 6) is 1.05. The molecule has 0 bridgehead atoms. The van der Waals surface area contributed by atoms with E-state index >= 15 is 0 Å². The summed E-state index contributed by atoms with van der Waals surface area (Å²) in [6.45, 7) is -0.102. The molecule has 21 heavy (non-hydrogen) atoms. The van der Waals surface area contributed by atoms with Gasteiger partial charge < -0.3 is 19.9 Å². The molecule has 0 atom stereocenters. The minimum Gasteiger partial charge on any atom is -0.495 e. The molecule has 0 aliphatic heterocycles. The second kappa shape index (κ2) is 8.99. The summed E-state index contributed by atoms with van der Waals surface area (Å²) < 4.78 is 22.7. The maximum Gasteiger partial charge on any atom is 0.404 e. The van der Waals surface area contributed by atoms with E-state index < -0.39 is 6.09 Å². The molecule has 1 aromatic heterocycles. The summed E-state index contributed by atoms with van der Waals surface area (Å²) >= 11 is 0. The van der Waals surface area contributed by atoms with Gasteiger partial charge in [-0.1, -0.05) is 0 Å². The first-order chi connectivity index (χ1) is 10.1. The number of hydrogen-bond donors (Lipinski definition) is 2. The van der Waals surface area contributed by atoms with E-state index in [0.29, 0.717) is 43.0 Å². The Kier molecular flexibility index (Phi) is 7.28. The SMILES string of the molecule is COc1cc(CCCCF)c(OC)nc1CCNC(=O)O. The van der Waals surface area contributed by atoms with Crippen LogP contribution in [0.2, 0.25) is 0 Å². The molecule has 0 saturated heterocycles. The molecule has 0 unspecified atom stereocenters. The van der Waals surface area contributed by atoms with Crippen molar-refractivity contribution in [1.82, 2.24) is 10.3 Å². The molecular weight excluding hydrogens is 279 g/mol. The van der Waals surface area contributed by atoms with Crippen molar-refractivity contribution in [3.8, 4) is 11.6 Å². The minimum atomic E-state index is -1.08. The second-order valence-corrected chi connectivity index (χ2v) is 4.43. The van der Waals surface area contributed by atoms with E-state index in [1.165, 1.54) is 14.2 Å². The molecule has 0 spiro atoms. The number of carbonyl (C=O) groups is 1. The molecule has 0 fully saturated rings. The van der Waals surface area contributed by atoms with Crippen LogP contribution in [0.25, 0.3) is 0 Å². The third-order valence-corrected chi connectivity index (χ3v) is 2.98. The van der Waals surface area contributed by atoms with Gasteiger partial charge in [0.15, 0.2) is 0 Å². The third-order valence-electron chi connectivity index (χ3n) is 2.98. The number of ether oxygens (including phenoxy) is 2. The number of pyridine rings is 1. The maximum atomic E-state index is 12.2. The Balaban J connectivity index is 2.85. The number of alkyl halides is 1. The lowest BCUT2D eigenvalue weighted by atomic mass is 10.1. The highest BCUT2D eigenvalue weighted by atomic mass is 19.1. The van der Waals surface area contributed by atoms with Gasteiger partial charge in [-0.15, -0.1) is 0 Å². The number of methoxy groups -OCH3 is 2. The molecule has 7 heteroatoms. The molecule has 1 aromatic rings. The van der Waals surface area contributed by atoms with Crippen LogP contribution in [0.15, 0.2) is 6.07 Å². The summed E-state index contributed by atoms with van der Waals surface area (Å²) in [6.07, 6.45) is 1.18. The number of aryl methyl sites for hydroxylation is 1. The Morgan fingerprint density at radius 2 is 2.10 bits per heavy atom. The van der Waals surface area contributed by atoms with Crippen LogP contribution in [-0.2, 0) is 12.8 Å². The van der Waals surface area contributed by atoms with E-state index in [4.69, 9.17) is 14.6 Å². The molecule has 6 nitrogen and oxygen atoms in total. The lowest BCUT2D eigenvalue weighted by Gasteiger charge is -2.13. The zero-order valence-corrected chi connectivity index (χ0v) is 12.3. The number of halogens is 1. The first-order valence-corrected chi connectivity index (χ1v) is 6.75. The molecular formula is C14H21FN2O4. The van der Waals surface area contributed by atoms with Gasteiger partial charge >= 0.3 is 6.09 Å². The minimum absolute atomic E-state index is 0.239. The fourth-order valence-electron chi connectivity index (χ4n) is 1.96. The fraction of sp³-hybridized carbons (Fsp3) is 0.571. The van der Waals surface area contributed by atoms with E-state index in [1.54, 1.807) is 0 Å². The number of aromatic nitrogens is 1. The van der Waals surface area contributed by atoms with E-state index in [9.17, 15) is 9.18 Å². The number of nitrogens with zero attached hydrogens (tertiary/aromatic N) is 1. The van der Waals surface area contributed by atoms with Crippen LogP contribution in [0.5, 0.6) is 11.6 Å². The predicted molar refractivity (Wildman–Crippen MR) is 76.0 cm³/mol. The van der Waals surface area contributed by atoms with Crippen LogP contribution in [0.3, 0.4) is 0 Å². The average Bonchev–Trinajstić information content (AvgIpc) is 2.47. The van der Waals surface area contributed by atoms with Gasteiger partial charge in [0.05, 0.1) is 26.6 Å². The van der Waals surface area contributed by atoms with Crippen molar-refractivity contribution in [2.45, 2.75) is 25.7 Å². The van der Waals surface area contributed by atoms with Crippen LogP contribution in [0.4, 0.5) is 9.18 Å². The van der Waals surface area contributed by atoms with Gasteiger partial charge in [-0.25, -0.2) is 9.78 Å². The molecule has 0 saturated carbocycles. The summed E-state index contributed by atoms with van der Waals surface area (Å²) in [7, 11) is 3.05. The second-order valence-electron chi connectivity index (χ2n) is 4.43. The normalized spacial score (nSPS) is 10.2. The Morgan fingerprint density at radius 3 is 2.67 bits per heavy atom. The first-order valence-electron chi connectivity index (χ1n) is 6.75. The highest BCUT2D eigenvalue weighted by molar-refractivity contribution is 5.64. The number of hydrogen-bond acceptors (Lipinski definition) is 4. The molecule has 118 valence electrons. The van der Waals surface area contributed by atoms with Crippen molar-refractivity contribution in [2.24, 2.45) is 0 Å². The Bertz CT molecular complexity index is 469. The molecule has 1 heterocycles. The molecule has 0 aromatic carbocycles. The van der Waals surface area contributed by atoms with Crippen molar-refractivity contribution >= 4 is 6.09 Å². The zero-order valence-electron chi connectivity index (χ0n) is 12.3. The topological polar surface area (TPSA) is 80.7 Å². The van der Waals surface area contributed by atoms with Crippen molar-refractivity contribution in [3.63, 3.8) is 0 Å². The summed E-state index contributed by atoms with van der Waals surface area (Å²) in [5, 5.41) is 10.8. The van der Waals surface area contributed by atoms with Crippen molar-refractivity contribution in [1.29, 1.82) is 0 Å². The monoisotopic (exact) mass is 300 g/mol. The van der Waals surface area contributed by atoms with Gasteiger partial charge in [0, 0.05) is 18.5 Å². The van der Waals surface area contributed by atoms with Crippen LogP contribution in [0, 0.1) is 0 Å². The van der Waals surface area contributed by atoms with E-state index in [1.807, 2.05) is 6.07 Å². The van der Waals surface area contributed by atoms with Crippen LogP contribution in [-0.4, -0.2) is 43.6 Å². The fourth-order valence-corrected chi connectivity index (χ4v) is 1.96. The lowest BCUT2D eigenvalue weighted by Crippen LogP contribution is -2.23. The van der Waals surface area contributed by atoms with Crippen LogP contribution in [0.1, 0.15) is 24.1 Å². The molecule has 2 N–H and O–H groups in total. The smallest absolute Gasteiger partial charge is 0.404 e. The highest BCUT2D eigenvalue weighted by Gasteiger charge is 2.13. The maximum absolute atomic E-state index is 12.2. The summed E-state index contributed by atoms with van der Waals surface area (Å²) in [5.41, 5.74) is 1.48. The van der Waals surface area contributed by atoms with E-state index in [0.717, 1.165) is 5.56 Å². The number of amides is 1. The number of nitrogens with one attached hydrogen (secondary N) is 1. The summed E-state index contributed by atoms with van der Waals surface area (Å²) in [4.78, 5) is 14.8. The number of unbranched alkanes of at least 4 members (excludes halogenated alkanes) is 1. The lowest BCUT2D eigenvalue weighted by molar-refractivity contribution is 0.194. The molecule has 0 aliphatic carbocycles. The molecule has 1 amide bonds. The summed E-state index contributed by atoms with van der Waals surface area (Å²) in [6, 6.07) is 1.82. The first kappa shape index (κ1) is 17.0. The van der Waals surface area contributed by atoms with Gasteiger partial charge in [0.25, 0.3) is 0 Å². The van der Waals surface area contributed by atoms with E-state index in [-0.39, 0.29) is 13.2 Å². The van der Waals surface area contributed by atoms with Gasteiger partial charge in [-0.2, -0.15) is 0 Å². The highest BCUT2D eigenvalue weighted by Crippen LogP contribution is 2.26. The van der Waals surface area contributed by atoms with Crippen LogP contribution < -0.4 is 14.8 Å². The largest absolute Gasteiger partial charge is 0.495 e. The predicted octanol–water partition coefficient (Wildman–Crippen LogP) is 2.20. The van der Waals surface area contributed by atoms with Gasteiger partial charge in [0.1, 0.15) is 5.75 Å². The van der Waals surface area contributed by atoms with Crippen molar-refractivity contribution in [3.05, 3.63) is 17.3 Å². The number of carboxylic acid groups (broad SMARTS) is 1. The van der Waals surface area contributed by atoms with Gasteiger partial charge in [-0.05, 0) is 25.3 Å². The van der Waals surface area contributed by atoms with E-state index in [2.05, 4.69) is 10.3 Å². The van der Waals surface area contributed by atoms with Crippen molar-refractivity contribution in [2.75, 3.05) is 27.4 Å². The Morgan fingerprint density at radius 1 is 1.33 bits per heavy atom. The van der Waals surface area contributed by atoms with Crippen LogP contribution >= 0.6 is 0 Å². The molecule has 1 rings (SSSR count). The van der Waals surface area contributed by atoms with Gasteiger partial charge in [0.2, 0.25) is 5.88 Å². The third kappa shape index (κ3) is 5.45. The molecule has 0 radical (unpaired) electrons. The quantitative estimate of drug-likeness (QED) is 0.683. The molecule has 0 aliphatic rings. The van der Waals surface area contributed by atoms with Crippen molar-refractivity contribution < 1.29 is 23.8 Å². The number of rotatable bonds is 9. The van der Waals surface area contributed by atoms with Gasteiger partial charge in [-0.3, -0.25) is 4.39 Å². The Hall–Kier alpha value is -2.05. The standard InChI is InChI=1S/C14H21FN2O4/c1-20-12-9-10(5-3-4-7-15)13(21-2)17-11(12)6-8-16-14(18)19/h9,16H,3-8H2,1-2H3,(H,18,19). The average molecular weight is 300 g/mol.